The van der Waals surface area contributed by atoms with E-state index < -0.39 is 0 Å². The average Bonchev–Trinajstić information content (AvgIpc) is 2.73. The Hall–Kier alpha value is -0.360. The molecule has 6 rings (SSSR count). The van der Waals surface area contributed by atoms with Gasteiger partial charge in [-0.3, -0.25) is 9.80 Å². The largest absolute Gasteiger partial charge is 1.00 e. The van der Waals surface area contributed by atoms with Crippen LogP contribution < -0.4 is 24.8 Å². The van der Waals surface area contributed by atoms with Crippen molar-refractivity contribution in [3.63, 3.8) is 0 Å². The zero-order valence-electron chi connectivity index (χ0n) is 19.3. The predicted octanol–water partition coefficient (Wildman–Crippen LogP) is -2.20. The SMILES string of the molecule is OC(COCCC12CC3CC(CC(C3)C1)C2)CN1CCN(Cc2ccccc2)CC1.[Cl-].[Cl-]. The van der Waals surface area contributed by atoms with E-state index in [1.807, 2.05) is 0 Å². The van der Waals surface area contributed by atoms with E-state index >= 15 is 0 Å². The number of nitrogens with zero attached hydrogens (tertiary/aromatic N) is 2. The molecular formula is C26H40Cl2N2O2-2. The number of rotatable bonds is 9. The first-order valence-electron chi connectivity index (χ1n) is 12.4. The summed E-state index contributed by atoms with van der Waals surface area (Å²) in [5.74, 6) is 3.05. The minimum atomic E-state index is -0.359. The first kappa shape index (κ1) is 26.2. The van der Waals surface area contributed by atoms with E-state index in [2.05, 4.69) is 40.1 Å². The summed E-state index contributed by atoms with van der Waals surface area (Å²) in [6, 6.07) is 10.7. The molecular weight excluding hydrogens is 443 g/mol. The van der Waals surface area contributed by atoms with Gasteiger partial charge in [-0.1, -0.05) is 30.3 Å². The summed E-state index contributed by atoms with van der Waals surface area (Å²) in [5, 5.41) is 10.5. The van der Waals surface area contributed by atoms with E-state index in [-0.39, 0.29) is 30.9 Å². The summed E-state index contributed by atoms with van der Waals surface area (Å²) in [6.07, 6.45) is 9.77. The molecule has 4 aliphatic carbocycles. The fourth-order valence-electron chi connectivity index (χ4n) is 7.43. The van der Waals surface area contributed by atoms with Crippen LogP contribution in [0, 0.1) is 23.2 Å². The topological polar surface area (TPSA) is 35.9 Å². The maximum atomic E-state index is 10.5. The third-order valence-corrected chi connectivity index (χ3v) is 8.43. The number of aliphatic hydroxyl groups is 1. The Morgan fingerprint density at radius 2 is 1.44 bits per heavy atom. The van der Waals surface area contributed by atoms with Gasteiger partial charge in [0, 0.05) is 45.9 Å². The van der Waals surface area contributed by atoms with Gasteiger partial charge in [-0.25, -0.2) is 0 Å². The van der Waals surface area contributed by atoms with Crippen molar-refractivity contribution in [2.75, 3.05) is 45.9 Å². The third-order valence-electron chi connectivity index (χ3n) is 8.43. The van der Waals surface area contributed by atoms with Gasteiger partial charge < -0.3 is 34.7 Å². The second-order valence-corrected chi connectivity index (χ2v) is 11.0. The van der Waals surface area contributed by atoms with E-state index in [4.69, 9.17) is 4.74 Å². The molecule has 4 saturated carbocycles. The first-order chi connectivity index (χ1) is 14.7. The van der Waals surface area contributed by atoms with Gasteiger partial charge in [0.25, 0.3) is 0 Å². The molecule has 1 aromatic rings. The van der Waals surface area contributed by atoms with E-state index in [1.165, 1.54) is 50.5 Å². The summed E-state index contributed by atoms with van der Waals surface area (Å²) < 4.78 is 5.99. The Bertz CT molecular complexity index is 646. The fraction of sp³-hybridized carbons (Fsp3) is 0.769. The molecule has 1 heterocycles. The van der Waals surface area contributed by atoms with Crippen LogP contribution in [0.5, 0.6) is 0 Å². The summed E-state index contributed by atoms with van der Waals surface area (Å²) in [4.78, 5) is 4.91. The van der Waals surface area contributed by atoms with E-state index in [9.17, 15) is 5.11 Å². The van der Waals surface area contributed by atoms with Crippen molar-refractivity contribution in [3.8, 4) is 0 Å². The van der Waals surface area contributed by atoms with Gasteiger partial charge in [0.1, 0.15) is 0 Å². The van der Waals surface area contributed by atoms with Crippen LogP contribution in [0.4, 0.5) is 0 Å². The number of β-amino-alcohol motifs (C(OH)–C–C–N with tert-alkyl or cyclic N) is 1. The van der Waals surface area contributed by atoms with Gasteiger partial charge in [-0.2, -0.15) is 0 Å². The highest BCUT2D eigenvalue weighted by molar-refractivity contribution is 5.14. The molecule has 0 amide bonds. The zero-order valence-corrected chi connectivity index (χ0v) is 20.8. The molecule has 5 fully saturated rings. The maximum Gasteiger partial charge on any atom is 0.0900 e. The molecule has 0 aromatic heterocycles. The number of ether oxygens (including phenoxy) is 1. The molecule has 182 valence electrons. The zero-order chi connectivity index (χ0) is 20.4. The molecule has 5 aliphatic rings. The highest BCUT2D eigenvalue weighted by Crippen LogP contribution is 2.61. The Morgan fingerprint density at radius 1 is 0.875 bits per heavy atom. The maximum absolute atomic E-state index is 10.5. The molecule has 1 unspecified atom stereocenters. The summed E-state index contributed by atoms with van der Waals surface area (Å²) >= 11 is 0. The highest BCUT2D eigenvalue weighted by Gasteiger charge is 2.50. The minimum Gasteiger partial charge on any atom is -1.00 e. The van der Waals surface area contributed by atoms with E-state index in [1.54, 1.807) is 0 Å². The second-order valence-electron chi connectivity index (χ2n) is 11.0. The standard InChI is InChI=1S/C26H40N2O2.2ClH/c29-25(19-28-9-7-27(8-10-28)18-21-4-2-1-3-5-21)20-30-11-6-26-15-22-12-23(16-26)14-24(13-22)17-26;;/h1-5,22-25,29H,6-20H2;2*1H/p-2. The van der Waals surface area contributed by atoms with Crippen LogP contribution >= 0.6 is 0 Å². The normalized spacial score (nSPS) is 32.8. The summed E-state index contributed by atoms with van der Waals surface area (Å²) in [6.45, 7) is 7.35. The van der Waals surface area contributed by atoms with Gasteiger partial charge in [-0.05, 0) is 73.7 Å². The Kier molecular flexibility index (Phi) is 9.73. The summed E-state index contributed by atoms with van der Waals surface area (Å²) in [7, 11) is 0. The molecule has 1 atom stereocenters. The lowest BCUT2D eigenvalue weighted by Crippen LogP contribution is -3.00. The van der Waals surface area contributed by atoms with Crippen molar-refractivity contribution in [1.29, 1.82) is 0 Å². The van der Waals surface area contributed by atoms with Crippen LogP contribution in [0.3, 0.4) is 0 Å². The molecule has 32 heavy (non-hydrogen) atoms. The second kappa shape index (κ2) is 11.9. The minimum absolute atomic E-state index is 0. The van der Waals surface area contributed by atoms with Crippen molar-refractivity contribution in [2.24, 2.45) is 23.2 Å². The molecule has 0 radical (unpaired) electrons. The van der Waals surface area contributed by atoms with Crippen molar-refractivity contribution < 1.29 is 34.7 Å². The fourth-order valence-corrected chi connectivity index (χ4v) is 7.43. The number of hydrogen-bond donors (Lipinski definition) is 1. The van der Waals surface area contributed by atoms with Crippen LogP contribution in [-0.2, 0) is 11.3 Å². The van der Waals surface area contributed by atoms with Crippen LogP contribution in [0.25, 0.3) is 0 Å². The number of hydrogen-bond acceptors (Lipinski definition) is 4. The lowest BCUT2D eigenvalue weighted by atomic mass is 9.49. The Balaban J connectivity index is 0.00000144. The molecule has 4 nitrogen and oxygen atoms in total. The van der Waals surface area contributed by atoms with Gasteiger partial charge in [-0.15, -0.1) is 0 Å². The quantitative estimate of drug-likeness (QED) is 0.405. The summed E-state index contributed by atoms with van der Waals surface area (Å²) in [5.41, 5.74) is 1.98. The lowest BCUT2D eigenvalue weighted by Gasteiger charge is -2.57. The van der Waals surface area contributed by atoms with E-state index in [0.29, 0.717) is 12.0 Å². The van der Waals surface area contributed by atoms with Crippen molar-refractivity contribution >= 4 is 0 Å². The monoisotopic (exact) mass is 482 g/mol. The molecule has 0 spiro atoms. The molecule has 1 aromatic carbocycles. The van der Waals surface area contributed by atoms with Gasteiger partial charge >= 0.3 is 0 Å². The third kappa shape index (κ3) is 6.61. The Morgan fingerprint density at radius 3 is 2.03 bits per heavy atom. The number of benzene rings is 1. The van der Waals surface area contributed by atoms with Crippen LogP contribution in [0.1, 0.15) is 50.5 Å². The highest BCUT2D eigenvalue weighted by atomic mass is 35.5. The van der Waals surface area contributed by atoms with Gasteiger partial charge in [0.2, 0.25) is 0 Å². The molecule has 6 heteroatoms. The number of aliphatic hydroxyl groups excluding tert-OH is 1. The van der Waals surface area contributed by atoms with Crippen molar-refractivity contribution in [1.82, 2.24) is 9.80 Å². The van der Waals surface area contributed by atoms with Crippen LogP contribution in [0.15, 0.2) is 30.3 Å². The number of piperazine rings is 1. The van der Waals surface area contributed by atoms with Crippen LogP contribution in [-0.4, -0.2) is 66.9 Å². The smallest absolute Gasteiger partial charge is 0.0900 e. The van der Waals surface area contributed by atoms with E-state index in [0.717, 1.165) is 63.6 Å². The van der Waals surface area contributed by atoms with Crippen molar-refractivity contribution in [2.45, 2.75) is 57.6 Å². The predicted molar refractivity (Wildman–Crippen MR) is 120 cm³/mol. The lowest BCUT2D eigenvalue weighted by molar-refractivity contribution is -0.0744. The average molecular weight is 484 g/mol. The molecule has 1 saturated heterocycles. The van der Waals surface area contributed by atoms with Gasteiger partial charge in [0.05, 0.1) is 12.7 Å². The molecule has 4 bridgehead atoms. The molecule has 1 N–H and O–H groups in total. The van der Waals surface area contributed by atoms with Gasteiger partial charge in [0.15, 0.2) is 0 Å². The van der Waals surface area contributed by atoms with Crippen molar-refractivity contribution in [3.05, 3.63) is 35.9 Å². The first-order valence-corrected chi connectivity index (χ1v) is 12.4. The Labute approximate surface area is 206 Å². The van der Waals surface area contributed by atoms with Crippen LogP contribution in [0.2, 0.25) is 0 Å². The number of halogens is 2. The molecule has 1 aliphatic heterocycles.